The number of hydrogen-bond donors (Lipinski definition) is 1. The highest BCUT2D eigenvalue weighted by atomic mass is 32.1. The van der Waals surface area contributed by atoms with Crippen LogP contribution in [-0.2, 0) is 12.7 Å². The van der Waals surface area contributed by atoms with Gasteiger partial charge in [0.25, 0.3) is 5.91 Å². The zero-order chi connectivity index (χ0) is 19.6. The Morgan fingerprint density at radius 2 is 1.93 bits per heavy atom. The molecular weight excluding hydrogens is 377 g/mol. The number of nitrogens with zero attached hydrogens (tertiary/aromatic N) is 3. The zero-order valence-electron chi connectivity index (χ0n) is 14.6. The first-order valence-electron chi connectivity index (χ1n) is 8.20. The number of thiazole rings is 1. The summed E-state index contributed by atoms with van der Waals surface area (Å²) in [6.07, 6.45) is -3.26. The molecule has 1 aromatic carbocycles. The monoisotopic (exact) mass is 394 g/mol. The van der Waals surface area contributed by atoms with Crippen molar-refractivity contribution < 1.29 is 18.0 Å². The largest absolute Gasteiger partial charge is 0.435 e. The molecule has 27 heavy (non-hydrogen) atoms. The van der Waals surface area contributed by atoms with Crippen LogP contribution in [-0.4, -0.2) is 20.7 Å². The van der Waals surface area contributed by atoms with Gasteiger partial charge in [0.15, 0.2) is 5.69 Å². The predicted molar refractivity (Wildman–Crippen MR) is 95.9 cm³/mol. The molecule has 0 atom stereocenters. The summed E-state index contributed by atoms with van der Waals surface area (Å²) in [7, 11) is 0. The van der Waals surface area contributed by atoms with E-state index in [9.17, 15) is 18.0 Å². The quantitative estimate of drug-likeness (QED) is 0.698. The Morgan fingerprint density at radius 3 is 2.48 bits per heavy atom. The molecule has 0 fully saturated rings. The van der Waals surface area contributed by atoms with Crippen LogP contribution in [0.25, 0.3) is 5.69 Å². The molecule has 2 aromatic heterocycles. The van der Waals surface area contributed by atoms with E-state index in [4.69, 9.17) is 0 Å². The molecule has 0 aliphatic carbocycles. The van der Waals surface area contributed by atoms with Gasteiger partial charge < -0.3 is 5.32 Å². The van der Waals surface area contributed by atoms with E-state index in [1.807, 2.05) is 5.38 Å². The first kappa shape index (κ1) is 19.1. The molecule has 0 saturated heterocycles. The molecule has 0 unspecified atom stereocenters. The maximum atomic E-state index is 12.6. The summed E-state index contributed by atoms with van der Waals surface area (Å²) in [5.41, 5.74) is 0.669. The highest BCUT2D eigenvalue weighted by molar-refractivity contribution is 7.09. The van der Waals surface area contributed by atoms with Crippen LogP contribution in [0.3, 0.4) is 0 Å². The van der Waals surface area contributed by atoms with Gasteiger partial charge in [-0.2, -0.15) is 18.3 Å². The van der Waals surface area contributed by atoms with Crippen molar-refractivity contribution in [2.45, 2.75) is 32.5 Å². The fourth-order valence-electron chi connectivity index (χ4n) is 2.33. The smallest absolute Gasteiger partial charge is 0.346 e. The summed E-state index contributed by atoms with van der Waals surface area (Å²) in [6.45, 7) is 4.43. The number of carbonyl (C=O) groups is 1. The maximum Gasteiger partial charge on any atom is 0.435 e. The van der Waals surface area contributed by atoms with Crippen molar-refractivity contribution >= 4 is 17.2 Å². The molecule has 3 rings (SSSR count). The van der Waals surface area contributed by atoms with Gasteiger partial charge >= 0.3 is 6.18 Å². The number of hydrogen-bond acceptors (Lipinski definition) is 4. The molecule has 3 aromatic rings. The summed E-state index contributed by atoms with van der Waals surface area (Å²) < 4.78 is 39.0. The molecule has 0 aliphatic heterocycles. The molecule has 0 radical (unpaired) electrons. The highest BCUT2D eigenvalue weighted by Crippen LogP contribution is 2.27. The lowest BCUT2D eigenvalue weighted by molar-refractivity contribution is -0.141. The Balaban J connectivity index is 1.64. The fraction of sp³-hybridized carbons (Fsp3) is 0.278. The van der Waals surface area contributed by atoms with Gasteiger partial charge in [0.1, 0.15) is 0 Å². The van der Waals surface area contributed by atoms with E-state index in [1.165, 1.54) is 6.20 Å². The molecule has 9 heteroatoms. The molecule has 2 heterocycles. The molecular formula is C18H17F3N4OS. The predicted octanol–water partition coefficient (Wildman–Crippen LogP) is 4.40. The SMILES string of the molecule is CC(C)c1nc(CNC(=O)c2ccc(-n3ccc(C(F)(F)F)n3)cc2)cs1. The van der Waals surface area contributed by atoms with E-state index in [0.717, 1.165) is 21.4 Å². The Bertz CT molecular complexity index is 929. The van der Waals surface area contributed by atoms with Crippen LogP contribution < -0.4 is 5.32 Å². The molecule has 142 valence electrons. The molecule has 1 amide bonds. The first-order chi connectivity index (χ1) is 12.7. The van der Waals surface area contributed by atoms with Crippen LogP contribution in [0.1, 0.15) is 46.5 Å². The van der Waals surface area contributed by atoms with Crippen LogP contribution in [0, 0.1) is 0 Å². The molecule has 0 saturated carbocycles. The van der Waals surface area contributed by atoms with Crippen molar-refractivity contribution in [1.29, 1.82) is 0 Å². The van der Waals surface area contributed by atoms with Crippen molar-refractivity contribution in [3.8, 4) is 5.69 Å². The Labute approximate surface area is 157 Å². The van der Waals surface area contributed by atoms with Gasteiger partial charge in [-0.1, -0.05) is 13.8 Å². The standard InChI is InChI=1S/C18H17F3N4OS/c1-11(2)17-23-13(10-27-17)9-22-16(26)12-3-5-14(6-4-12)25-8-7-15(24-25)18(19,20)21/h3-8,10-11H,9H2,1-2H3,(H,22,26). The minimum Gasteiger partial charge on any atom is -0.346 e. The summed E-state index contributed by atoms with van der Waals surface area (Å²) in [6, 6.07) is 7.07. The fourth-order valence-corrected chi connectivity index (χ4v) is 3.16. The van der Waals surface area contributed by atoms with Gasteiger partial charge in [-0.25, -0.2) is 9.67 Å². The lowest BCUT2D eigenvalue weighted by atomic mass is 10.2. The number of benzene rings is 1. The van der Waals surface area contributed by atoms with Crippen LogP contribution in [0.4, 0.5) is 13.2 Å². The van der Waals surface area contributed by atoms with Gasteiger partial charge in [-0.05, 0) is 30.3 Å². The Kier molecular flexibility index (Phi) is 5.31. The van der Waals surface area contributed by atoms with Crippen molar-refractivity contribution in [2.24, 2.45) is 0 Å². The third-order valence-corrected chi connectivity index (χ3v) is 4.96. The van der Waals surface area contributed by atoms with E-state index in [0.29, 0.717) is 23.7 Å². The van der Waals surface area contributed by atoms with Gasteiger partial charge in [0.05, 0.1) is 22.9 Å². The first-order valence-corrected chi connectivity index (χ1v) is 9.08. The Hall–Kier alpha value is -2.68. The number of halogens is 3. The van der Waals surface area contributed by atoms with Crippen molar-refractivity contribution in [1.82, 2.24) is 20.1 Å². The van der Waals surface area contributed by atoms with Gasteiger partial charge in [0.2, 0.25) is 0 Å². The van der Waals surface area contributed by atoms with E-state index < -0.39 is 11.9 Å². The van der Waals surface area contributed by atoms with Crippen LogP contribution in [0.2, 0.25) is 0 Å². The Morgan fingerprint density at radius 1 is 1.22 bits per heavy atom. The third kappa shape index (κ3) is 4.54. The van der Waals surface area contributed by atoms with Crippen molar-refractivity contribution in [3.63, 3.8) is 0 Å². The number of nitrogens with one attached hydrogen (secondary N) is 1. The second kappa shape index (κ2) is 7.51. The number of carbonyl (C=O) groups excluding carboxylic acids is 1. The van der Waals surface area contributed by atoms with E-state index >= 15 is 0 Å². The average Bonchev–Trinajstić information content (AvgIpc) is 3.29. The minimum atomic E-state index is -4.49. The highest BCUT2D eigenvalue weighted by Gasteiger charge is 2.33. The summed E-state index contributed by atoms with van der Waals surface area (Å²) in [4.78, 5) is 16.7. The molecule has 0 spiro atoms. The number of aromatic nitrogens is 3. The van der Waals surface area contributed by atoms with E-state index in [-0.39, 0.29) is 5.91 Å². The molecule has 0 bridgehead atoms. The molecule has 1 N–H and O–H groups in total. The average molecular weight is 394 g/mol. The lowest BCUT2D eigenvalue weighted by Crippen LogP contribution is -2.23. The minimum absolute atomic E-state index is 0.280. The van der Waals surface area contributed by atoms with Gasteiger partial charge in [0, 0.05) is 23.1 Å². The molecule has 5 nitrogen and oxygen atoms in total. The third-order valence-electron chi connectivity index (χ3n) is 3.77. The van der Waals surface area contributed by atoms with E-state index in [2.05, 4.69) is 29.2 Å². The number of alkyl halides is 3. The molecule has 0 aliphatic rings. The number of amides is 1. The second-order valence-corrected chi connectivity index (χ2v) is 7.09. The summed E-state index contributed by atoms with van der Waals surface area (Å²) in [5, 5.41) is 9.21. The zero-order valence-corrected chi connectivity index (χ0v) is 15.4. The van der Waals surface area contributed by atoms with Crippen LogP contribution >= 0.6 is 11.3 Å². The summed E-state index contributed by atoms with van der Waals surface area (Å²) in [5.74, 6) is 0.0595. The topological polar surface area (TPSA) is 59.8 Å². The van der Waals surface area contributed by atoms with Crippen molar-refractivity contribution in [3.05, 3.63) is 63.9 Å². The number of rotatable bonds is 5. The van der Waals surface area contributed by atoms with Crippen LogP contribution in [0.5, 0.6) is 0 Å². The van der Waals surface area contributed by atoms with Crippen LogP contribution in [0.15, 0.2) is 41.9 Å². The van der Waals surface area contributed by atoms with E-state index in [1.54, 1.807) is 35.6 Å². The lowest BCUT2D eigenvalue weighted by Gasteiger charge is -2.06. The van der Waals surface area contributed by atoms with Gasteiger partial charge in [-0.3, -0.25) is 4.79 Å². The summed E-state index contributed by atoms with van der Waals surface area (Å²) >= 11 is 1.56. The maximum absolute atomic E-state index is 12.6. The normalized spacial score (nSPS) is 11.8. The van der Waals surface area contributed by atoms with Crippen molar-refractivity contribution in [2.75, 3.05) is 0 Å². The second-order valence-electron chi connectivity index (χ2n) is 6.20. The van der Waals surface area contributed by atoms with Gasteiger partial charge in [-0.15, -0.1) is 11.3 Å².